The molecule has 0 aliphatic rings. The van der Waals surface area contributed by atoms with Gasteiger partial charge in [0.1, 0.15) is 23.9 Å². The fraction of sp³-hybridized carbons (Fsp3) is 0.417. The van der Waals surface area contributed by atoms with Gasteiger partial charge in [0.15, 0.2) is 0 Å². The number of anilines is 1. The summed E-state index contributed by atoms with van der Waals surface area (Å²) in [5, 5.41) is 15.4. The van der Waals surface area contributed by atoms with Gasteiger partial charge in [0.25, 0.3) is 0 Å². The Kier molecular flexibility index (Phi) is 5.39. The highest BCUT2D eigenvalue weighted by atomic mass is 19.1. The smallest absolute Gasteiger partial charge is 0.343 e. The number of halogens is 1. The number of amides is 2. The summed E-state index contributed by atoms with van der Waals surface area (Å²) in [7, 11) is 1.38. The van der Waals surface area contributed by atoms with Crippen LogP contribution in [-0.2, 0) is 0 Å². The monoisotopic (exact) mass is 284 g/mol. The molecule has 0 fully saturated rings. The third-order valence-electron chi connectivity index (χ3n) is 2.45. The van der Waals surface area contributed by atoms with Crippen LogP contribution in [0.3, 0.4) is 0 Å². The van der Waals surface area contributed by atoms with Crippen LogP contribution in [-0.4, -0.2) is 30.9 Å². The molecule has 20 heavy (non-hydrogen) atoms. The largest absolute Gasteiger partial charge is 0.489 e. The molecular formula is C12H17FN4O3. The van der Waals surface area contributed by atoms with E-state index in [0.717, 1.165) is 11.1 Å². The van der Waals surface area contributed by atoms with Gasteiger partial charge in [0.05, 0.1) is 6.10 Å². The molecule has 8 heteroatoms. The fourth-order valence-corrected chi connectivity index (χ4v) is 1.45. The van der Waals surface area contributed by atoms with Gasteiger partial charge in [-0.25, -0.2) is 9.18 Å². The molecule has 0 spiro atoms. The molecule has 0 saturated heterocycles. The SMILES string of the molecule is CNC(=O)N(N=N)c1cc(C)c(F)cc1OCC(C)O. The van der Waals surface area contributed by atoms with E-state index >= 15 is 0 Å². The third-order valence-corrected chi connectivity index (χ3v) is 2.45. The number of ether oxygens (including phenoxy) is 1. The summed E-state index contributed by atoms with van der Waals surface area (Å²) in [6.07, 6.45) is -0.756. The van der Waals surface area contributed by atoms with Gasteiger partial charge >= 0.3 is 6.03 Å². The van der Waals surface area contributed by atoms with E-state index in [0.29, 0.717) is 0 Å². The Hall–Kier alpha value is -2.22. The quantitative estimate of drug-likeness (QED) is 0.569. The van der Waals surface area contributed by atoms with Gasteiger partial charge in [-0.2, -0.15) is 10.5 Å². The van der Waals surface area contributed by atoms with Crippen LogP contribution in [0.25, 0.3) is 0 Å². The summed E-state index contributed by atoms with van der Waals surface area (Å²) in [4.78, 5) is 11.6. The molecule has 1 aromatic carbocycles. The second kappa shape index (κ2) is 6.80. The van der Waals surface area contributed by atoms with Crippen LogP contribution in [0.1, 0.15) is 12.5 Å². The van der Waals surface area contributed by atoms with E-state index < -0.39 is 18.0 Å². The van der Waals surface area contributed by atoms with Crippen molar-refractivity contribution in [1.29, 1.82) is 5.53 Å². The summed E-state index contributed by atoms with van der Waals surface area (Å²) in [5.74, 6) is -0.496. The molecule has 1 aromatic rings. The van der Waals surface area contributed by atoms with Crippen molar-refractivity contribution in [3.8, 4) is 5.75 Å². The number of carbonyl (C=O) groups excluding carboxylic acids is 1. The van der Waals surface area contributed by atoms with Crippen molar-refractivity contribution in [1.82, 2.24) is 5.32 Å². The van der Waals surface area contributed by atoms with Crippen LogP contribution in [0.4, 0.5) is 14.9 Å². The van der Waals surface area contributed by atoms with E-state index in [-0.39, 0.29) is 23.6 Å². The minimum atomic E-state index is -0.756. The van der Waals surface area contributed by atoms with Crippen molar-refractivity contribution in [3.05, 3.63) is 23.5 Å². The molecule has 0 bridgehead atoms. The highest BCUT2D eigenvalue weighted by Gasteiger charge is 2.20. The lowest BCUT2D eigenvalue weighted by Crippen LogP contribution is -2.34. The zero-order valence-electron chi connectivity index (χ0n) is 11.5. The van der Waals surface area contributed by atoms with Crippen LogP contribution in [0.2, 0.25) is 0 Å². The molecule has 0 aliphatic heterocycles. The van der Waals surface area contributed by atoms with Gasteiger partial charge in [-0.1, -0.05) is 5.22 Å². The number of hydrogen-bond donors (Lipinski definition) is 3. The molecule has 1 unspecified atom stereocenters. The van der Waals surface area contributed by atoms with Crippen molar-refractivity contribution >= 4 is 11.7 Å². The molecule has 0 saturated carbocycles. The minimum Gasteiger partial charge on any atom is -0.489 e. The lowest BCUT2D eigenvalue weighted by Gasteiger charge is -2.19. The number of rotatable bonds is 5. The number of benzene rings is 1. The molecule has 0 aromatic heterocycles. The molecule has 1 atom stereocenters. The number of hydrogen-bond acceptors (Lipinski definition) is 5. The molecular weight excluding hydrogens is 267 g/mol. The fourth-order valence-electron chi connectivity index (χ4n) is 1.45. The zero-order chi connectivity index (χ0) is 15.3. The number of aliphatic hydroxyl groups excluding tert-OH is 1. The Morgan fingerprint density at radius 3 is 2.80 bits per heavy atom. The summed E-state index contributed by atoms with van der Waals surface area (Å²) in [5.41, 5.74) is 7.46. The number of urea groups is 1. The third kappa shape index (κ3) is 3.64. The van der Waals surface area contributed by atoms with Gasteiger partial charge in [-0.3, -0.25) is 0 Å². The first-order chi connectivity index (χ1) is 9.40. The van der Waals surface area contributed by atoms with Crippen LogP contribution in [0.5, 0.6) is 5.75 Å². The molecule has 1 rings (SSSR count). The van der Waals surface area contributed by atoms with Crippen LogP contribution >= 0.6 is 0 Å². The van der Waals surface area contributed by atoms with Gasteiger partial charge in [0.2, 0.25) is 0 Å². The van der Waals surface area contributed by atoms with E-state index in [1.165, 1.54) is 27.0 Å². The van der Waals surface area contributed by atoms with Gasteiger partial charge < -0.3 is 15.2 Å². The molecule has 0 heterocycles. The standard InChI is InChI=1S/C12H17FN4O3/c1-7-4-10(17(16-14)12(19)15-3)11(5-9(7)13)20-6-8(2)18/h4-5,8,14,18H,6H2,1-3H3,(H,15,19). The molecule has 0 radical (unpaired) electrons. The lowest BCUT2D eigenvalue weighted by atomic mass is 10.2. The van der Waals surface area contributed by atoms with Gasteiger partial charge in [-0.05, 0) is 25.5 Å². The highest BCUT2D eigenvalue weighted by molar-refractivity contribution is 5.92. The molecule has 7 nitrogen and oxygen atoms in total. The van der Waals surface area contributed by atoms with Crippen molar-refractivity contribution in [2.24, 2.45) is 5.22 Å². The number of aryl methyl sites for hydroxylation is 1. The van der Waals surface area contributed by atoms with Gasteiger partial charge in [-0.15, -0.1) is 0 Å². The Morgan fingerprint density at radius 1 is 1.65 bits per heavy atom. The lowest BCUT2D eigenvalue weighted by molar-refractivity contribution is 0.122. The van der Waals surface area contributed by atoms with Crippen molar-refractivity contribution in [2.75, 3.05) is 18.7 Å². The van der Waals surface area contributed by atoms with E-state index in [4.69, 9.17) is 10.3 Å². The maximum atomic E-state index is 13.6. The van der Waals surface area contributed by atoms with E-state index in [1.807, 2.05) is 0 Å². The molecule has 110 valence electrons. The average Bonchev–Trinajstić information content (AvgIpc) is 2.41. The topological polar surface area (TPSA) is 98.0 Å². The Morgan fingerprint density at radius 2 is 2.30 bits per heavy atom. The number of nitrogens with one attached hydrogen (secondary N) is 2. The number of aliphatic hydroxyl groups is 1. The van der Waals surface area contributed by atoms with Crippen molar-refractivity contribution in [3.63, 3.8) is 0 Å². The summed E-state index contributed by atoms with van der Waals surface area (Å²) >= 11 is 0. The first kappa shape index (κ1) is 15.8. The second-order valence-corrected chi connectivity index (χ2v) is 4.20. The van der Waals surface area contributed by atoms with Crippen molar-refractivity contribution in [2.45, 2.75) is 20.0 Å². The maximum absolute atomic E-state index is 13.6. The average molecular weight is 284 g/mol. The first-order valence-electron chi connectivity index (χ1n) is 5.91. The van der Waals surface area contributed by atoms with Crippen LogP contribution in [0, 0.1) is 18.3 Å². The van der Waals surface area contributed by atoms with Crippen molar-refractivity contribution < 1.29 is 19.0 Å². The molecule has 0 aliphatic carbocycles. The first-order valence-corrected chi connectivity index (χ1v) is 5.91. The Bertz CT molecular complexity index is 508. The molecule has 2 amide bonds. The predicted molar refractivity (Wildman–Crippen MR) is 70.4 cm³/mol. The maximum Gasteiger partial charge on any atom is 0.343 e. The van der Waals surface area contributed by atoms with Crippen LogP contribution in [0.15, 0.2) is 17.4 Å². The number of carbonyl (C=O) groups is 1. The second-order valence-electron chi connectivity index (χ2n) is 4.20. The number of nitrogens with zero attached hydrogens (tertiary/aromatic N) is 2. The zero-order valence-corrected chi connectivity index (χ0v) is 11.5. The summed E-state index contributed by atoms with van der Waals surface area (Å²) < 4.78 is 18.9. The Labute approximate surface area is 115 Å². The van der Waals surface area contributed by atoms with E-state index in [1.54, 1.807) is 0 Å². The highest BCUT2D eigenvalue weighted by Crippen LogP contribution is 2.31. The Balaban J connectivity index is 3.23. The predicted octanol–water partition coefficient (Wildman–Crippen LogP) is 1.99. The van der Waals surface area contributed by atoms with Gasteiger partial charge in [0, 0.05) is 13.1 Å². The summed E-state index contributed by atoms with van der Waals surface area (Å²) in [6, 6.07) is 1.78. The molecule has 3 N–H and O–H groups in total. The summed E-state index contributed by atoms with van der Waals surface area (Å²) in [6.45, 7) is 2.95. The minimum absolute atomic E-state index is 0.0219. The van der Waals surface area contributed by atoms with E-state index in [2.05, 4.69) is 10.5 Å². The normalized spacial score (nSPS) is 11.7. The van der Waals surface area contributed by atoms with Crippen LogP contribution < -0.4 is 15.1 Å². The van der Waals surface area contributed by atoms with E-state index in [9.17, 15) is 14.3 Å².